The molecule has 13 heavy (non-hydrogen) atoms. The van der Waals surface area contributed by atoms with Gasteiger partial charge in [-0.25, -0.2) is 0 Å². The topological polar surface area (TPSA) is 55.8 Å². The maximum atomic E-state index is 11.5. The van der Waals surface area contributed by atoms with Gasteiger partial charge in [0.15, 0.2) is 0 Å². The third kappa shape index (κ3) is 8.44. The van der Waals surface area contributed by atoms with Crippen LogP contribution in [-0.4, -0.2) is 31.6 Å². The maximum Gasteiger partial charge on any atom is 0.327 e. The lowest BCUT2D eigenvalue weighted by atomic mass is 9.99. The van der Waals surface area contributed by atoms with Crippen LogP contribution in [0.25, 0.3) is 0 Å². The molecule has 1 unspecified atom stereocenters. The minimum Gasteiger partial charge on any atom is -0.394 e. The zero-order valence-corrected chi connectivity index (χ0v) is 9.63. The molecule has 5 heteroatoms. The summed E-state index contributed by atoms with van der Waals surface area (Å²) in [6, 6.07) is 0. The van der Waals surface area contributed by atoms with Gasteiger partial charge in [-0.1, -0.05) is 20.8 Å². The third-order valence-electron chi connectivity index (χ3n) is 1.15. The molecule has 0 rings (SSSR count). The Morgan fingerprint density at radius 2 is 1.85 bits per heavy atom. The van der Waals surface area contributed by atoms with Gasteiger partial charge in [0.25, 0.3) is 0 Å². The molecule has 1 atom stereocenters. The SMILES string of the molecule is CC(C)(C)COP(C)(=O)OCCO. The number of aliphatic hydroxyl groups is 1. The molecule has 0 amide bonds. The van der Waals surface area contributed by atoms with Crippen LogP contribution < -0.4 is 0 Å². The second-order valence-electron chi connectivity index (χ2n) is 4.16. The van der Waals surface area contributed by atoms with E-state index in [1.807, 2.05) is 20.8 Å². The van der Waals surface area contributed by atoms with Crippen LogP contribution >= 0.6 is 7.60 Å². The van der Waals surface area contributed by atoms with Crippen LogP contribution in [0.5, 0.6) is 0 Å². The Kier molecular flexibility index (Phi) is 5.15. The van der Waals surface area contributed by atoms with Crippen molar-refractivity contribution in [2.75, 3.05) is 26.5 Å². The van der Waals surface area contributed by atoms with Gasteiger partial charge < -0.3 is 14.2 Å². The number of aliphatic hydroxyl groups excluding tert-OH is 1. The number of hydrogen-bond acceptors (Lipinski definition) is 4. The molecule has 0 bridgehead atoms. The van der Waals surface area contributed by atoms with E-state index in [9.17, 15) is 4.57 Å². The molecule has 0 aliphatic heterocycles. The molecule has 80 valence electrons. The van der Waals surface area contributed by atoms with E-state index in [0.29, 0.717) is 6.61 Å². The second-order valence-corrected chi connectivity index (χ2v) is 6.22. The van der Waals surface area contributed by atoms with Gasteiger partial charge in [-0.05, 0) is 5.41 Å². The van der Waals surface area contributed by atoms with Crippen molar-refractivity contribution in [3.8, 4) is 0 Å². The Labute approximate surface area is 79.8 Å². The van der Waals surface area contributed by atoms with Crippen LogP contribution in [0.4, 0.5) is 0 Å². The first-order chi connectivity index (χ1) is 5.77. The van der Waals surface area contributed by atoms with Crippen LogP contribution in [0, 0.1) is 5.41 Å². The van der Waals surface area contributed by atoms with Crippen molar-refractivity contribution in [3.63, 3.8) is 0 Å². The molecule has 0 aromatic heterocycles. The minimum atomic E-state index is -2.97. The lowest BCUT2D eigenvalue weighted by Crippen LogP contribution is -2.14. The summed E-state index contributed by atoms with van der Waals surface area (Å²) >= 11 is 0. The molecule has 1 N–H and O–H groups in total. The highest BCUT2D eigenvalue weighted by molar-refractivity contribution is 7.52. The van der Waals surface area contributed by atoms with E-state index < -0.39 is 7.60 Å². The van der Waals surface area contributed by atoms with Gasteiger partial charge in [-0.15, -0.1) is 0 Å². The van der Waals surface area contributed by atoms with E-state index in [-0.39, 0.29) is 18.6 Å². The molecule has 4 nitrogen and oxygen atoms in total. The Morgan fingerprint density at radius 3 is 2.23 bits per heavy atom. The molecular formula is C8H19O4P. The first-order valence-electron chi connectivity index (χ1n) is 4.24. The third-order valence-corrected chi connectivity index (χ3v) is 2.40. The molecule has 0 aliphatic carbocycles. The van der Waals surface area contributed by atoms with Crippen LogP contribution in [0.1, 0.15) is 20.8 Å². The van der Waals surface area contributed by atoms with Crippen LogP contribution in [0.3, 0.4) is 0 Å². The summed E-state index contributed by atoms with van der Waals surface area (Å²) in [6.07, 6.45) is 0. The van der Waals surface area contributed by atoms with Gasteiger partial charge in [0.05, 0.1) is 19.8 Å². The monoisotopic (exact) mass is 210 g/mol. The average molecular weight is 210 g/mol. The summed E-state index contributed by atoms with van der Waals surface area (Å²) in [7, 11) is -2.97. The van der Waals surface area contributed by atoms with Gasteiger partial charge in [-0.3, -0.25) is 4.57 Å². The molecule has 0 aromatic rings. The number of hydrogen-bond donors (Lipinski definition) is 1. The molecule has 0 aromatic carbocycles. The maximum absolute atomic E-state index is 11.5. The van der Waals surface area contributed by atoms with Gasteiger partial charge in [-0.2, -0.15) is 0 Å². The second kappa shape index (κ2) is 5.11. The lowest BCUT2D eigenvalue weighted by Gasteiger charge is -2.21. The average Bonchev–Trinajstić information content (AvgIpc) is 1.97. The first kappa shape index (κ1) is 13.1. The smallest absolute Gasteiger partial charge is 0.327 e. The van der Waals surface area contributed by atoms with Crippen molar-refractivity contribution < 1.29 is 18.7 Å². The van der Waals surface area contributed by atoms with Crippen molar-refractivity contribution in [1.82, 2.24) is 0 Å². The van der Waals surface area contributed by atoms with E-state index >= 15 is 0 Å². The van der Waals surface area contributed by atoms with E-state index in [0.717, 1.165) is 0 Å². The van der Waals surface area contributed by atoms with E-state index in [2.05, 4.69) is 0 Å². The fourth-order valence-electron chi connectivity index (χ4n) is 0.555. The largest absolute Gasteiger partial charge is 0.394 e. The van der Waals surface area contributed by atoms with Crippen LogP contribution in [0.2, 0.25) is 0 Å². The Hall–Kier alpha value is 0.110. The van der Waals surface area contributed by atoms with E-state index in [1.54, 1.807) is 0 Å². The molecule has 0 aliphatic rings. The van der Waals surface area contributed by atoms with Crippen molar-refractivity contribution in [1.29, 1.82) is 0 Å². The molecule has 0 heterocycles. The summed E-state index contributed by atoms with van der Waals surface area (Å²) in [4.78, 5) is 0. The number of rotatable bonds is 5. The normalized spacial score (nSPS) is 17.0. The Bertz CT molecular complexity index is 185. The highest BCUT2D eigenvalue weighted by atomic mass is 31.2. The van der Waals surface area contributed by atoms with Gasteiger partial charge in [0.2, 0.25) is 0 Å². The van der Waals surface area contributed by atoms with Crippen molar-refractivity contribution in [2.45, 2.75) is 20.8 Å². The predicted octanol–water partition coefficient (Wildman–Crippen LogP) is 1.88. The molecule has 0 spiro atoms. The summed E-state index contributed by atoms with van der Waals surface area (Å²) in [5.74, 6) is 0. The van der Waals surface area contributed by atoms with Crippen LogP contribution in [0.15, 0.2) is 0 Å². The quantitative estimate of drug-likeness (QED) is 0.704. The highest BCUT2D eigenvalue weighted by Gasteiger charge is 2.20. The van der Waals surface area contributed by atoms with E-state index in [4.69, 9.17) is 14.2 Å². The minimum absolute atomic E-state index is 0.0335. The fraction of sp³-hybridized carbons (Fsp3) is 1.00. The standard InChI is InChI=1S/C8H19O4P/c1-8(2,3)7-12-13(4,10)11-6-5-9/h9H,5-7H2,1-4H3. The van der Waals surface area contributed by atoms with Crippen LogP contribution in [-0.2, 0) is 13.6 Å². The zero-order valence-electron chi connectivity index (χ0n) is 8.74. The zero-order chi connectivity index (χ0) is 10.5. The molecule has 0 saturated carbocycles. The summed E-state index contributed by atoms with van der Waals surface area (Å²) < 4.78 is 21.4. The Morgan fingerprint density at radius 1 is 1.31 bits per heavy atom. The molecule has 0 saturated heterocycles. The fourth-order valence-corrected chi connectivity index (χ4v) is 1.66. The van der Waals surface area contributed by atoms with Crippen molar-refractivity contribution in [2.24, 2.45) is 5.41 Å². The summed E-state index contributed by atoms with van der Waals surface area (Å²) in [5, 5.41) is 8.46. The summed E-state index contributed by atoms with van der Waals surface area (Å²) in [6.45, 7) is 7.66. The van der Waals surface area contributed by atoms with Crippen molar-refractivity contribution >= 4 is 7.60 Å². The first-order valence-corrected chi connectivity index (χ1v) is 6.23. The molecule has 0 fully saturated rings. The molecule has 0 radical (unpaired) electrons. The predicted molar refractivity (Wildman–Crippen MR) is 52.0 cm³/mol. The summed E-state index contributed by atoms with van der Waals surface area (Å²) in [5.41, 5.74) is -0.0335. The Balaban J connectivity index is 3.83. The van der Waals surface area contributed by atoms with Gasteiger partial charge >= 0.3 is 7.60 Å². The van der Waals surface area contributed by atoms with Gasteiger partial charge in [0.1, 0.15) is 0 Å². The van der Waals surface area contributed by atoms with Gasteiger partial charge in [0, 0.05) is 6.66 Å². The van der Waals surface area contributed by atoms with Crippen molar-refractivity contribution in [3.05, 3.63) is 0 Å². The molecular weight excluding hydrogens is 191 g/mol. The lowest BCUT2D eigenvalue weighted by molar-refractivity contribution is 0.135. The highest BCUT2D eigenvalue weighted by Crippen LogP contribution is 2.44. The van der Waals surface area contributed by atoms with E-state index in [1.165, 1.54) is 6.66 Å².